The zero-order chi connectivity index (χ0) is 12.3. The summed E-state index contributed by atoms with van der Waals surface area (Å²) < 4.78 is 5.92. The van der Waals surface area contributed by atoms with Gasteiger partial charge in [0.15, 0.2) is 0 Å². The first-order chi connectivity index (χ1) is 8.09. The van der Waals surface area contributed by atoms with Gasteiger partial charge < -0.3 is 4.74 Å². The standard InChI is InChI=1S/C13H20ClNOS/c1-13(2)5-3-11(4-6-13)16-8-12-15-10(7-14)9-17-12/h9,11H,3-8H2,1-2H3. The van der Waals surface area contributed by atoms with E-state index in [2.05, 4.69) is 18.8 Å². The zero-order valence-corrected chi connectivity index (χ0v) is 12.1. The fourth-order valence-corrected chi connectivity index (χ4v) is 3.15. The molecule has 0 spiro atoms. The maximum atomic E-state index is 5.92. The van der Waals surface area contributed by atoms with Crippen LogP contribution in [0.5, 0.6) is 0 Å². The lowest BCUT2D eigenvalue weighted by Crippen LogP contribution is -2.26. The number of nitrogens with zero attached hydrogens (tertiary/aromatic N) is 1. The molecular formula is C13H20ClNOS. The van der Waals surface area contributed by atoms with E-state index in [4.69, 9.17) is 16.3 Å². The van der Waals surface area contributed by atoms with Gasteiger partial charge in [0.1, 0.15) is 5.01 Å². The third-order valence-corrected chi connectivity index (χ3v) is 4.61. The average Bonchev–Trinajstić information content (AvgIpc) is 2.75. The van der Waals surface area contributed by atoms with Crippen molar-refractivity contribution in [1.29, 1.82) is 0 Å². The van der Waals surface area contributed by atoms with E-state index < -0.39 is 0 Å². The maximum Gasteiger partial charge on any atom is 0.119 e. The normalized spacial score (nSPS) is 20.6. The van der Waals surface area contributed by atoms with Crippen molar-refractivity contribution in [2.75, 3.05) is 0 Å². The number of hydrogen-bond acceptors (Lipinski definition) is 3. The van der Waals surface area contributed by atoms with Gasteiger partial charge in [0.25, 0.3) is 0 Å². The summed E-state index contributed by atoms with van der Waals surface area (Å²) in [6.45, 7) is 5.33. The molecule has 17 heavy (non-hydrogen) atoms. The summed E-state index contributed by atoms with van der Waals surface area (Å²) in [5.74, 6) is 0.494. The quantitative estimate of drug-likeness (QED) is 0.760. The third kappa shape index (κ3) is 3.94. The summed E-state index contributed by atoms with van der Waals surface area (Å²) in [7, 11) is 0. The Morgan fingerprint density at radius 2 is 2.18 bits per heavy atom. The van der Waals surface area contributed by atoms with Crippen LogP contribution in [-0.4, -0.2) is 11.1 Å². The molecule has 0 saturated heterocycles. The largest absolute Gasteiger partial charge is 0.371 e. The Labute approximate surface area is 112 Å². The van der Waals surface area contributed by atoms with Gasteiger partial charge in [-0.2, -0.15) is 0 Å². The summed E-state index contributed by atoms with van der Waals surface area (Å²) in [6.07, 6.45) is 5.32. The molecule has 0 unspecified atom stereocenters. The van der Waals surface area contributed by atoms with Gasteiger partial charge in [0, 0.05) is 5.38 Å². The lowest BCUT2D eigenvalue weighted by atomic mass is 9.76. The van der Waals surface area contributed by atoms with E-state index in [1.165, 1.54) is 25.7 Å². The van der Waals surface area contributed by atoms with Crippen molar-refractivity contribution < 1.29 is 4.74 Å². The van der Waals surface area contributed by atoms with Crippen LogP contribution in [0.2, 0.25) is 0 Å². The molecular weight excluding hydrogens is 254 g/mol. The first-order valence-corrected chi connectivity index (χ1v) is 7.61. The van der Waals surface area contributed by atoms with Crippen LogP contribution in [0, 0.1) is 5.41 Å². The highest BCUT2D eigenvalue weighted by molar-refractivity contribution is 7.09. The van der Waals surface area contributed by atoms with E-state index in [1.54, 1.807) is 11.3 Å². The monoisotopic (exact) mass is 273 g/mol. The Morgan fingerprint density at radius 1 is 1.47 bits per heavy atom. The van der Waals surface area contributed by atoms with Crippen molar-refractivity contribution in [2.45, 2.75) is 58.1 Å². The van der Waals surface area contributed by atoms with Crippen molar-refractivity contribution >= 4 is 22.9 Å². The highest BCUT2D eigenvalue weighted by atomic mass is 35.5. The van der Waals surface area contributed by atoms with Crippen molar-refractivity contribution in [3.8, 4) is 0 Å². The molecule has 1 aromatic heterocycles. The lowest BCUT2D eigenvalue weighted by Gasteiger charge is -2.34. The summed E-state index contributed by atoms with van der Waals surface area (Å²) in [5, 5.41) is 3.06. The minimum atomic E-state index is 0.423. The minimum Gasteiger partial charge on any atom is -0.371 e. The van der Waals surface area contributed by atoms with Gasteiger partial charge in [-0.3, -0.25) is 0 Å². The molecule has 0 aliphatic heterocycles. The number of alkyl halides is 1. The molecule has 1 saturated carbocycles. The molecule has 1 aromatic rings. The lowest BCUT2D eigenvalue weighted by molar-refractivity contribution is -0.00567. The number of hydrogen-bond donors (Lipinski definition) is 0. The number of ether oxygens (including phenoxy) is 1. The predicted octanol–water partition coefficient (Wildman–Crippen LogP) is 4.37. The maximum absolute atomic E-state index is 5.92. The van der Waals surface area contributed by atoms with E-state index in [0.29, 0.717) is 24.0 Å². The predicted molar refractivity (Wildman–Crippen MR) is 72.5 cm³/mol. The Balaban J connectivity index is 1.75. The minimum absolute atomic E-state index is 0.423. The number of thiazole rings is 1. The number of halogens is 1. The molecule has 0 N–H and O–H groups in total. The second kappa shape index (κ2) is 5.68. The molecule has 1 heterocycles. The van der Waals surface area contributed by atoms with E-state index in [0.717, 1.165) is 10.7 Å². The molecule has 2 rings (SSSR count). The molecule has 0 atom stereocenters. The van der Waals surface area contributed by atoms with Gasteiger partial charge in [-0.25, -0.2) is 4.98 Å². The van der Waals surface area contributed by atoms with Gasteiger partial charge in [0.05, 0.1) is 24.3 Å². The first kappa shape index (κ1) is 13.3. The summed E-state index contributed by atoms with van der Waals surface area (Å²) in [5.41, 5.74) is 1.47. The second-order valence-corrected chi connectivity index (χ2v) is 6.75. The van der Waals surface area contributed by atoms with Gasteiger partial charge >= 0.3 is 0 Å². The molecule has 96 valence electrons. The van der Waals surface area contributed by atoms with Crippen LogP contribution < -0.4 is 0 Å². The number of aromatic nitrogens is 1. The second-order valence-electron chi connectivity index (χ2n) is 5.54. The van der Waals surface area contributed by atoms with E-state index in [1.807, 2.05) is 5.38 Å². The van der Waals surface area contributed by atoms with Crippen LogP contribution in [0.25, 0.3) is 0 Å². The Kier molecular flexibility index (Phi) is 4.45. The van der Waals surface area contributed by atoms with Crippen LogP contribution in [-0.2, 0) is 17.2 Å². The molecule has 1 fully saturated rings. The molecule has 4 heteroatoms. The highest BCUT2D eigenvalue weighted by Gasteiger charge is 2.27. The van der Waals surface area contributed by atoms with Crippen LogP contribution >= 0.6 is 22.9 Å². The van der Waals surface area contributed by atoms with E-state index in [-0.39, 0.29) is 0 Å². The fourth-order valence-electron chi connectivity index (χ4n) is 2.21. The van der Waals surface area contributed by atoms with Crippen molar-refractivity contribution in [3.05, 3.63) is 16.1 Å². The van der Waals surface area contributed by atoms with Gasteiger partial charge in [-0.05, 0) is 31.1 Å². The topological polar surface area (TPSA) is 22.1 Å². The van der Waals surface area contributed by atoms with E-state index >= 15 is 0 Å². The SMILES string of the molecule is CC1(C)CCC(OCc2nc(CCl)cs2)CC1. The van der Waals surface area contributed by atoms with Gasteiger partial charge in [-0.15, -0.1) is 22.9 Å². The molecule has 2 nitrogen and oxygen atoms in total. The van der Waals surface area contributed by atoms with E-state index in [9.17, 15) is 0 Å². The molecule has 1 aliphatic carbocycles. The van der Waals surface area contributed by atoms with Gasteiger partial charge in [-0.1, -0.05) is 13.8 Å². The smallest absolute Gasteiger partial charge is 0.119 e. The first-order valence-electron chi connectivity index (χ1n) is 6.20. The summed E-state index contributed by atoms with van der Waals surface area (Å²) in [4.78, 5) is 4.40. The molecule has 1 aliphatic rings. The Bertz CT molecular complexity index is 354. The number of rotatable bonds is 4. The zero-order valence-electron chi connectivity index (χ0n) is 10.5. The van der Waals surface area contributed by atoms with Crippen molar-refractivity contribution in [3.63, 3.8) is 0 Å². The highest BCUT2D eigenvalue weighted by Crippen LogP contribution is 2.36. The Hall–Kier alpha value is -0.120. The molecule has 0 bridgehead atoms. The molecule has 0 radical (unpaired) electrons. The van der Waals surface area contributed by atoms with Crippen molar-refractivity contribution in [1.82, 2.24) is 4.98 Å². The average molecular weight is 274 g/mol. The molecule has 0 amide bonds. The van der Waals surface area contributed by atoms with Gasteiger partial charge in [0.2, 0.25) is 0 Å². The molecule has 0 aromatic carbocycles. The fraction of sp³-hybridized carbons (Fsp3) is 0.769. The summed E-state index contributed by atoms with van der Waals surface area (Å²) in [6, 6.07) is 0. The van der Waals surface area contributed by atoms with Crippen molar-refractivity contribution in [2.24, 2.45) is 5.41 Å². The van der Waals surface area contributed by atoms with Crippen LogP contribution in [0.15, 0.2) is 5.38 Å². The Morgan fingerprint density at radius 3 is 2.76 bits per heavy atom. The van der Waals surface area contributed by atoms with Crippen LogP contribution in [0.3, 0.4) is 0 Å². The van der Waals surface area contributed by atoms with Crippen LogP contribution in [0.4, 0.5) is 0 Å². The summed E-state index contributed by atoms with van der Waals surface area (Å²) >= 11 is 7.37. The van der Waals surface area contributed by atoms with Crippen LogP contribution in [0.1, 0.15) is 50.2 Å². The third-order valence-electron chi connectivity index (χ3n) is 3.46.